The van der Waals surface area contributed by atoms with Gasteiger partial charge in [-0.15, -0.1) is 0 Å². The van der Waals surface area contributed by atoms with E-state index in [0.29, 0.717) is 25.2 Å². The van der Waals surface area contributed by atoms with Crippen molar-refractivity contribution in [3.8, 4) is 0 Å². The van der Waals surface area contributed by atoms with E-state index in [9.17, 15) is 12.8 Å². The number of hydrogen-bond donors (Lipinski definition) is 1. The molecule has 0 fully saturated rings. The van der Waals surface area contributed by atoms with Crippen LogP contribution in [-0.2, 0) is 22.9 Å². The number of benzene rings is 1. The molecule has 0 spiro atoms. The maximum Gasteiger partial charge on any atom is 0.148 e. The van der Waals surface area contributed by atoms with Crippen molar-refractivity contribution in [1.29, 1.82) is 0 Å². The van der Waals surface area contributed by atoms with Crippen molar-refractivity contribution in [2.45, 2.75) is 13.1 Å². The van der Waals surface area contributed by atoms with Crippen molar-refractivity contribution in [3.63, 3.8) is 0 Å². The lowest BCUT2D eigenvalue weighted by atomic mass is 10.1. The van der Waals surface area contributed by atoms with Crippen LogP contribution in [0.1, 0.15) is 11.1 Å². The van der Waals surface area contributed by atoms with Gasteiger partial charge in [-0.2, -0.15) is 0 Å². The van der Waals surface area contributed by atoms with Gasteiger partial charge in [0.15, 0.2) is 0 Å². The first-order chi connectivity index (χ1) is 8.81. The van der Waals surface area contributed by atoms with Crippen LogP contribution >= 0.6 is 0 Å². The smallest absolute Gasteiger partial charge is 0.148 e. The monoisotopic (exact) mass is 288 g/mol. The number of rotatable bonds is 7. The van der Waals surface area contributed by atoms with E-state index in [2.05, 4.69) is 5.32 Å². The van der Waals surface area contributed by atoms with E-state index in [1.165, 1.54) is 12.3 Å². The number of hydrogen-bond acceptors (Lipinski definition) is 4. The standard InChI is InChI=1S/C13H21FN2O2S/c1-15-9-11-4-5-13(14)12(8-11)10-16(2)6-7-19(3,17)18/h4-5,8,15H,6-7,9-10H2,1-3H3. The van der Waals surface area contributed by atoms with Crippen molar-refractivity contribution in [3.05, 3.63) is 35.1 Å². The Balaban J connectivity index is 2.67. The third kappa shape index (κ3) is 6.13. The molecule has 108 valence electrons. The van der Waals surface area contributed by atoms with Crippen LogP contribution in [-0.4, -0.2) is 46.0 Å². The Labute approximate surface area is 114 Å². The highest BCUT2D eigenvalue weighted by Crippen LogP contribution is 2.12. The van der Waals surface area contributed by atoms with E-state index in [-0.39, 0.29) is 11.6 Å². The van der Waals surface area contributed by atoms with Crippen LogP contribution < -0.4 is 5.32 Å². The number of halogens is 1. The van der Waals surface area contributed by atoms with Crippen molar-refractivity contribution >= 4 is 9.84 Å². The fourth-order valence-corrected chi connectivity index (χ4v) is 2.40. The van der Waals surface area contributed by atoms with Crippen molar-refractivity contribution in [2.24, 2.45) is 0 Å². The Morgan fingerprint density at radius 1 is 1.37 bits per heavy atom. The molecule has 0 radical (unpaired) electrons. The van der Waals surface area contributed by atoms with Gasteiger partial charge in [0, 0.05) is 31.5 Å². The lowest BCUT2D eigenvalue weighted by molar-refractivity contribution is 0.339. The molecular weight excluding hydrogens is 267 g/mol. The number of sulfone groups is 1. The van der Waals surface area contributed by atoms with Crippen LogP contribution in [0.25, 0.3) is 0 Å². The molecule has 0 saturated carbocycles. The van der Waals surface area contributed by atoms with Crippen molar-refractivity contribution in [2.75, 3.05) is 32.6 Å². The normalized spacial score (nSPS) is 12.1. The second-order valence-electron chi connectivity index (χ2n) is 4.82. The summed E-state index contributed by atoms with van der Waals surface area (Å²) in [6, 6.07) is 5.00. The number of nitrogens with zero attached hydrogens (tertiary/aromatic N) is 1. The maximum absolute atomic E-state index is 13.7. The summed E-state index contributed by atoms with van der Waals surface area (Å²) in [5.74, 6) is -0.174. The summed E-state index contributed by atoms with van der Waals surface area (Å²) >= 11 is 0. The van der Waals surface area contributed by atoms with Gasteiger partial charge in [-0.1, -0.05) is 12.1 Å². The van der Waals surface area contributed by atoms with E-state index in [4.69, 9.17) is 0 Å². The molecule has 0 atom stereocenters. The SMILES string of the molecule is CNCc1ccc(F)c(CN(C)CCS(C)(=O)=O)c1. The second-order valence-corrected chi connectivity index (χ2v) is 7.08. The lowest BCUT2D eigenvalue weighted by Crippen LogP contribution is -2.25. The zero-order chi connectivity index (χ0) is 14.5. The van der Waals surface area contributed by atoms with E-state index < -0.39 is 9.84 Å². The van der Waals surface area contributed by atoms with Gasteiger partial charge in [-0.05, 0) is 25.7 Å². The topological polar surface area (TPSA) is 49.4 Å². The summed E-state index contributed by atoms with van der Waals surface area (Å²) in [5.41, 5.74) is 1.60. The zero-order valence-electron chi connectivity index (χ0n) is 11.6. The van der Waals surface area contributed by atoms with Crippen LogP contribution in [0.5, 0.6) is 0 Å². The Morgan fingerprint density at radius 2 is 2.05 bits per heavy atom. The molecule has 1 N–H and O–H groups in total. The molecule has 0 unspecified atom stereocenters. The molecular formula is C13H21FN2O2S. The molecule has 0 heterocycles. The van der Waals surface area contributed by atoms with Gasteiger partial charge in [-0.25, -0.2) is 12.8 Å². The highest BCUT2D eigenvalue weighted by atomic mass is 32.2. The molecule has 0 aliphatic carbocycles. The average molecular weight is 288 g/mol. The molecule has 1 aromatic carbocycles. The Kier molecular flexibility index (Phi) is 5.90. The first-order valence-electron chi connectivity index (χ1n) is 6.10. The van der Waals surface area contributed by atoms with E-state index in [0.717, 1.165) is 5.56 Å². The van der Waals surface area contributed by atoms with Gasteiger partial charge < -0.3 is 10.2 Å². The molecule has 0 aliphatic heterocycles. The fraction of sp³-hybridized carbons (Fsp3) is 0.538. The summed E-state index contributed by atoms with van der Waals surface area (Å²) in [4.78, 5) is 1.81. The van der Waals surface area contributed by atoms with E-state index in [1.807, 2.05) is 18.0 Å². The lowest BCUT2D eigenvalue weighted by Gasteiger charge is -2.17. The fourth-order valence-electron chi connectivity index (χ4n) is 1.75. The highest BCUT2D eigenvalue weighted by Gasteiger charge is 2.09. The predicted molar refractivity (Wildman–Crippen MR) is 75.2 cm³/mol. The van der Waals surface area contributed by atoms with Gasteiger partial charge in [0.1, 0.15) is 15.7 Å². The minimum Gasteiger partial charge on any atom is -0.316 e. The molecule has 0 aromatic heterocycles. The predicted octanol–water partition coefficient (Wildman–Crippen LogP) is 1.02. The molecule has 1 aromatic rings. The highest BCUT2D eigenvalue weighted by molar-refractivity contribution is 7.90. The van der Waals surface area contributed by atoms with E-state index >= 15 is 0 Å². The Bertz CT molecular complexity index is 517. The summed E-state index contributed by atoms with van der Waals surface area (Å²) in [6.07, 6.45) is 1.20. The average Bonchev–Trinajstić information content (AvgIpc) is 2.30. The van der Waals surface area contributed by atoms with Crippen molar-refractivity contribution < 1.29 is 12.8 Å². The molecule has 0 amide bonds. The molecule has 19 heavy (non-hydrogen) atoms. The molecule has 1 rings (SSSR count). The second kappa shape index (κ2) is 6.98. The summed E-state index contributed by atoms with van der Waals surface area (Å²) in [7, 11) is 0.638. The van der Waals surface area contributed by atoms with Crippen LogP contribution in [0.2, 0.25) is 0 Å². The number of nitrogens with one attached hydrogen (secondary N) is 1. The third-order valence-corrected chi connectivity index (χ3v) is 3.70. The first kappa shape index (κ1) is 16.1. The van der Waals surface area contributed by atoms with Crippen molar-refractivity contribution in [1.82, 2.24) is 10.2 Å². The first-order valence-corrected chi connectivity index (χ1v) is 8.16. The largest absolute Gasteiger partial charge is 0.316 e. The van der Waals surface area contributed by atoms with Gasteiger partial charge >= 0.3 is 0 Å². The molecule has 4 nitrogen and oxygen atoms in total. The molecule has 0 saturated heterocycles. The van der Waals surface area contributed by atoms with Crippen LogP contribution in [0.4, 0.5) is 4.39 Å². The maximum atomic E-state index is 13.7. The molecule has 6 heteroatoms. The minimum absolute atomic E-state index is 0.0846. The van der Waals surface area contributed by atoms with Gasteiger partial charge in [0.25, 0.3) is 0 Å². The Hall–Kier alpha value is -0.980. The van der Waals surface area contributed by atoms with Gasteiger partial charge in [-0.3, -0.25) is 0 Å². The molecule has 0 bridgehead atoms. The third-order valence-electron chi connectivity index (χ3n) is 2.78. The minimum atomic E-state index is -2.98. The quantitative estimate of drug-likeness (QED) is 0.814. The summed E-state index contributed by atoms with van der Waals surface area (Å²) < 4.78 is 35.8. The van der Waals surface area contributed by atoms with Gasteiger partial charge in [0.05, 0.1) is 5.75 Å². The van der Waals surface area contributed by atoms with Crippen LogP contribution in [0.3, 0.4) is 0 Å². The summed E-state index contributed by atoms with van der Waals surface area (Å²) in [5, 5.41) is 3.01. The summed E-state index contributed by atoms with van der Waals surface area (Å²) in [6.45, 7) is 1.48. The van der Waals surface area contributed by atoms with E-state index in [1.54, 1.807) is 13.1 Å². The van der Waals surface area contributed by atoms with Crippen LogP contribution in [0, 0.1) is 5.82 Å². The van der Waals surface area contributed by atoms with Crippen LogP contribution in [0.15, 0.2) is 18.2 Å². The van der Waals surface area contributed by atoms with Gasteiger partial charge in [0.2, 0.25) is 0 Å². The Morgan fingerprint density at radius 3 is 2.63 bits per heavy atom. The zero-order valence-corrected chi connectivity index (χ0v) is 12.4. The molecule has 0 aliphatic rings.